The summed E-state index contributed by atoms with van der Waals surface area (Å²) in [4.78, 5) is 12.1. The molecule has 1 amide bonds. The Balaban J connectivity index is 1.59. The molecule has 108 valence electrons. The second-order valence-electron chi connectivity index (χ2n) is 4.86. The van der Waals surface area contributed by atoms with E-state index < -0.39 is 0 Å². The molecule has 0 bridgehead atoms. The molecule has 2 nitrogen and oxygen atoms in total. The summed E-state index contributed by atoms with van der Waals surface area (Å²) < 4.78 is 0.534. The zero-order chi connectivity index (χ0) is 14.5. The van der Waals surface area contributed by atoms with Crippen molar-refractivity contribution in [1.82, 2.24) is 5.32 Å². The van der Waals surface area contributed by atoms with Crippen molar-refractivity contribution in [3.8, 4) is 0 Å². The van der Waals surface area contributed by atoms with Crippen LogP contribution in [0, 0.1) is 0 Å². The van der Waals surface area contributed by atoms with Gasteiger partial charge in [-0.15, -0.1) is 23.5 Å². The minimum Gasteiger partial charge on any atom is -0.348 e. The zero-order valence-corrected chi connectivity index (χ0v) is 13.3. The van der Waals surface area contributed by atoms with Gasteiger partial charge in [0.2, 0.25) is 0 Å². The summed E-state index contributed by atoms with van der Waals surface area (Å²) >= 11 is 3.96. The van der Waals surface area contributed by atoms with Crippen LogP contribution < -0.4 is 5.32 Å². The van der Waals surface area contributed by atoms with Gasteiger partial charge in [0.15, 0.2) is 0 Å². The van der Waals surface area contributed by atoms with Gasteiger partial charge in [-0.1, -0.05) is 42.5 Å². The van der Waals surface area contributed by atoms with E-state index in [0.717, 1.165) is 11.1 Å². The molecule has 4 heteroatoms. The van der Waals surface area contributed by atoms with Crippen molar-refractivity contribution in [3.05, 3.63) is 71.3 Å². The maximum Gasteiger partial charge on any atom is 0.251 e. The molecule has 1 aliphatic rings. The summed E-state index contributed by atoms with van der Waals surface area (Å²) in [6.07, 6.45) is 0. The SMILES string of the molecule is O=C(NCc1ccccc1)c1ccc(C2SCCS2)cc1. The van der Waals surface area contributed by atoms with Gasteiger partial charge < -0.3 is 5.32 Å². The van der Waals surface area contributed by atoms with Crippen LogP contribution in [0.3, 0.4) is 0 Å². The van der Waals surface area contributed by atoms with Crippen LogP contribution in [-0.2, 0) is 6.54 Å². The van der Waals surface area contributed by atoms with Gasteiger partial charge >= 0.3 is 0 Å². The van der Waals surface area contributed by atoms with Gasteiger partial charge in [-0.25, -0.2) is 0 Å². The highest BCUT2D eigenvalue weighted by Gasteiger charge is 2.18. The highest BCUT2D eigenvalue weighted by atomic mass is 32.2. The molecule has 0 atom stereocenters. The normalized spacial score (nSPS) is 15.0. The molecule has 1 N–H and O–H groups in total. The second-order valence-corrected chi connectivity index (χ2v) is 7.59. The van der Waals surface area contributed by atoms with Crippen LogP contribution in [0.4, 0.5) is 0 Å². The molecule has 1 heterocycles. The number of carbonyl (C=O) groups excluding carboxylic acids is 1. The van der Waals surface area contributed by atoms with Crippen molar-refractivity contribution in [1.29, 1.82) is 0 Å². The van der Waals surface area contributed by atoms with Gasteiger partial charge in [0.1, 0.15) is 0 Å². The van der Waals surface area contributed by atoms with Crippen LogP contribution in [0.1, 0.15) is 26.1 Å². The third kappa shape index (κ3) is 3.83. The first-order valence-corrected chi connectivity index (χ1v) is 9.08. The molecule has 0 aromatic heterocycles. The summed E-state index contributed by atoms with van der Waals surface area (Å²) in [5.74, 6) is 2.42. The highest BCUT2D eigenvalue weighted by Crippen LogP contribution is 2.45. The molecule has 3 rings (SSSR count). The van der Waals surface area contributed by atoms with Gasteiger partial charge in [-0.05, 0) is 23.3 Å². The molecule has 21 heavy (non-hydrogen) atoms. The summed E-state index contributed by atoms with van der Waals surface area (Å²) in [6.45, 7) is 0.565. The zero-order valence-electron chi connectivity index (χ0n) is 11.6. The third-order valence-electron chi connectivity index (χ3n) is 3.36. The van der Waals surface area contributed by atoms with E-state index in [1.807, 2.05) is 66.0 Å². The summed E-state index contributed by atoms with van der Waals surface area (Å²) in [5, 5.41) is 2.95. The van der Waals surface area contributed by atoms with Crippen molar-refractivity contribution >= 4 is 29.4 Å². The number of amides is 1. The number of carbonyl (C=O) groups is 1. The van der Waals surface area contributed by atoms with Gasteiger partial charge in [-0.3, -0.25) is 4.79 Å². The minimum absolute atomic E-state index is 0.0165. The van der Waals surface area contributed by atoms with Gasteiger partial charge in [0, 0.05) is 23.6 Å². The van der Waals surface area contributed by atoms with Crippen LogP contribution in [-0.4, -0.2) is 17.4 Å². The van der Waals surface area contributed by atoms with Crippen molar-refractivity contribution in [2.75, 3.05) is 11.5 Å². The smallest absolute Gasteiger partial charge is 0.251 e. The van der Waals surface area contributed by atoms with Crippen LogP contribution in [0.2, 0.25) is 0 Å². The summed E-state index contributed by atoms with van der Waals surface area (Å²) in [6, 6.07) is 18.0. The average Bonchev–Trinajstić information content (AvgIpc) is 3.08. The molecule has 2 aromatic rings. The number of rotatable bonds is 4. The predicted octanol–water partition coefficient (Wildman–Crippen LogP) is 4.10. The Labute approximate surface area is 133 Å². The van der Waals surface area contributed by atoms with E-state index in [1.165, 1.54) is 17.1 Å². The molecule has 0 saturated carbocycles. The summed E-state index contributed by atoms with van der Waals surface area (Å²) in [5.41, 5.74) is 3.14. The third-order valence-corrected chi connectivity index (χ3v) is 6.47. The number of nitrogens with one attached hydrogen (secondary N) is 1. The number of benzene rings is 2. The van der Waals surface area contributed by atoms with Gasteiger partial charge in [-0.2, -0.15) is 0 Å². The van der Waals surface area contributed by atoms with E-state index in [-0.39, 0.29) is 5.91 Å². The quantitative estimate of drug-likeness (QED) is 0.921. The van der Waals surface area contributed by atoms with Gasteiger partial charge in [0.05, 0.1) is 4.58 Å². The minimum atomic E-state index is -0.0165. The molecule has 1 fully saturated rings. The topological polar surface area (TPSA) is 29.1 Å². The van der Waals surface area contributed by atoms with E-state index in [4.69, 9.17) is 0 Å². The van der Waals surface area contributed by atoms with Crippen molar-refractivity contribution in [2.45, 2.75) is 11.1 Å². The van der Waals surface area contributed by atoms with Crippen molar-refractivity contribution in [2.24, 2.45) is 0 Å². The Kier molecular flexibility index (Phi) is 4.88. The van der Waals surface area contributed by atoms with E-state index in [9.17, 15) is 4.79 Å². The Bertz CT molecular complexity index is 592. The Morgan fingerprint density at radius 2 is 1.67 bits per heavy atom. The van der Waals surface area contributed by atoms with E-state index >= 15 is 0 Å². The first-order chi connectivity index (χ1) is 10.3. The Morgan fingerprint density at radius 1 is 1.00 bits per heavy atom. The average molecular weight is 315 g/mol. The lowest BCUT2D eigenvalue weighted by atomic mass is 10.1. The molecule has 1 saturated heterocycles. The molecular formula is C17H17NOS2. The lowest BCUT2D eigenvalue weighted by molar-refractivity contribution is 0.0951. The van der Waals surface area contributed by atoms with Crippen molar-refractivity contribution in [3.63, 3.8) is 0 Å². The first-order valence-electron chi connectivity index (χ1n) is 6.98. The van der Waals surface area contributed by atoms with Crippen molar-refractivity contribution < 1.29 is 4.79 Å². The van der Waals surface area contributed by atoms with Crippen LogP contribution in [0.25, 0.3) is 0 Å². The molecule has 0 spiro atoms. The lowest BCUT2D eigenvalue weighted by Crippen LogP contribution is -2.22. The Hall–Kier alpha value is -1.39. The number of hydrogen-bond donors (Lipinski definition) is 1. The first kappa shape index (κ1) is 14.5. The molecule has 2 aromatic carbocycles. The Morgan fingerprint density at radius 3 is 2.33 bits per heavy atom. The van der Waals surface area contributed by atoms with E-state index in [1.54, 1.807) is 0 Å². The second kappa shape index (κ2) is 7.05. The highest BCUT2D eigenvalue weighted by molar-refractivity contribution is 8.19. The maximum absolute atomic E-state index is 12.1. The van der Waals surface area contributed by atoms with E-state index in [0.29, 0.717) is 11.1 Å². The van der Waals surface area contributed by atoms with Crippen LogP contribution in [0.15, 0.2) is 54.6 Å². The summed E-state index contributed by atoms with van der Waals surface area (Å²) in [7, 11) is 0. The largest absolute Gasteiger partial charge is 0.348 e. The maximum atomic E-state index is 12.1. The van der Waals surface area contributed by atoms with Crippen LogP contribution >= 0.6 is 23.5 Å². The predicted molar refractivity (Wildman–Crippen MR) is 91.7 cm³/mol. The molecule has 1 aliphatic heterocycles. The fraction of sp³-hybridized carbons (Fsp3) is 0.235. The molecule has 0 unspecified atom stereocenters. The van der Waals surface area contributed by atoms with Crippen LogP contribution in [0.5, 0.6) is 0 Å². The molecule has 0 aliphatic carbocycles. The van der Waals surface area contributed by atoms with Gasteiger partial charge in [0.25, 0.3) is 5.91 Å². The number of hydrogen-bond acceptors (Lipinski definition) is 3. The molecule has 0 radical (unpaired) electrons. The molecular weight excluding hydrogens is 298 g/mol. The number of thioether (sulfide) groups is 2. The monoisotopic (exact) mass is 315 g/mol. The fourth-order valence-electron chi connectivity index (χ4n) is 2.22. The fourth-order valence-corrected chi connectivity index (χ4v) is 5.08. The standard InChI is InChI=1S/C17H17NOS2/c19-16(18-12-13-4-2-1-3-5-13)14-6-8-15(9-7-14)17-20-10-11-21-17/h1-9,17H,10-12H2,(H,18,19). The lowest BCUT2D eigenvalue weighted by Gasteiger charge is -2.09. The van der Waals surface area contributed by atoms with E-state index in [2.05, 4.69) is 17.4 Å².